The highest BCUT2D eigenvalue weighted by Gasteiger charge is 2.18. The van der Waals surface area contributed by atoms with Gasteiger partial charge in [0.15, 0.2) is 6.61 Å². The maximum atomic E-state index is 11.7. The van der Waals surface area contributed by atoms with E-state index in [2.05, 4.69) is 5.32 Å². The first-order chi connectivity index (χ1) is 8.88. The number of carbonyl (C=O) groups excluding carboxylic acids is 1. The molecule has 0 atom stereocenters. The number of methoxy groups -OCH3 is 1. The van der Waals surface area contributed by atoms with Gasteiger partial charge in [-0.15, -0.1) is 0 Å². The van der Waals surface area contributed by atoms with Crippen molar-refractivity contribution in [2.75, 3.05) is 19.5 Å². The lowest BCUT2D eigenvalue weighted by molar-refractivity contribution is -0.124. The Morgan fingerprint density at radius 1 is 1.42 bits per heavy atom. The molecule has 1 aromatic rings. The van der Waals surface area contributed by atoms with Gasteiger partial charge in [0.1, 0.15) is 11.5 Å². The molecule has 0 aliphatic rings. The second-order valence-corrected chi connectivity index (χ2v) is 4.98. The predicted octanol–water partition coefficient (Wildman–Crippen LogP) is 1.96. The van der Waals surface area contributed by atoms with E-state index < -0.39 is 0 Å². The molecule has 1 rings (SSSR count). The molecule has 0 aromatic heterocycles. The molecule has 3 N–H and O–H groups in total. The molecular weight excluding hydrogens is 244 g/mol. The van der Waals surface area contributed by atoms with E-state index in [0.717, 1.165) is 6.42 Å². The molecule has 0 spiro atoms. The molecular formula is C14H22N2O3. The molecule has 0 bridgehead atoms. The number of ether oxygens (including phenoxy) is 2. The fraction of sp³-hybridized carbons (Fsp3) is 0.500. The van der Waals surface area contributed by atoms with Crippen LogP contribution in [-0.4, -0.2) is 25.2 Å². The number of nitrogen functional groups attached to an aromatic ring is 1. The number of benzene rings is 1. The first-order valence-corrected chi connectivity index (χ1v) is 6.25. The van der Waals surface area contributed by atoms with Crippen molar-refractivity contribution in [3.05, 3.63) is 18.2 Å². The molecule has 106 valence electrons. The van der Waals surface area contributed by atoms with Gasteiger partial charge < -0.3 is 20.5 Å². The van der Waals surface area contributed by atoms with Crippen LogP contribution in [0.2, 0.25) is 0 Å². The van der Waals surface area contributed by atoms with Gasteiger partial charge in [-0.1, -0.05) is 6.92 Å². The Morgan fingerprint density at radius 3 is 2.63 bits per heavy atom. The lowest BCUT2D eigenvalue weighted by Gasteiger charge is -2.24. The molecule has 0 unspecified atom stereocenters. The van der Waals surface area contributed by atoms with E-state index in [9.17, 15) is 4.79 Å². The van der Waals surface area contributed by atoms with Crippen LogP contribution in [0.5, 0.6) is 11.5 Å². The minimum absolute atomic E-state index is 0.0556. The Hall–Kier alpha value is -1.91. The number of anilines is 1. The van der Waals surface area contributed by atoms with Gasteiger partial charge in [0, 0.05) is 11.6 Å². The van der Waals surface area contributed by atoms with Crippen molar-refractivity contribution in [3.8, 4) is 11.5 Å². The molecule has 0 aliphatic carbocycles. The van der Waals surface area contributed by atoms with Crippen molar-refractivity contribution >= 4 is 11.6 Å². The average Bonchev–Trinajstić information content (AvgIpc) is 2.36. The molecule has 0 saturated carbocycles. The van der Waals surface area contributed by atoms with Gasteiger partial charge in [-0.25, -0.2) is 0 Å². The third-order valence-corrected chi connectivity index (χ3v) is 2.94. The van der Waals surface area contributed by atoms with Crippen molar-refractivity contribution in [2.45, 2.75) is 32.7 Å². The van der Waals surface area contributed by atoms with E-state index in [1.54, 1.807) is 25.3 Å². The van der Waals surface area contributed by atoms with Gasteiger partial charge in [0.05, 0.1) is 12.8 Å². The summed E-state index contributed by atoms with van der Waals surface area (Å²) in [7, 11) is 1.57. The van der Waals surface area contributed by atoms with E-state index in [0.29, 0.717) is 17.2 Å². The highest BCUT2D eigenvalue weighted by atomic mass is 16.5. The molecule has 1 amide bonds. The minimum atomic E-state index is -0.230. The van der Waals surface area contributed by atoms with E-state index >= 15 is 0 Å². The largest absolute Gasteiger partial charge is 0.497 e. The van der Waals surface area contributed by atoms with Crippen LogP contribution < -0.4 is 20.5 Å². The van der Waals surface area contributed by atoms with E-state index in [1.165, 1.54) is 0 Å². The third-order valence-electron chi connectivity index (χ3n) is 2.94. The summed E-state index contributed by atoms with van der Waals surface area (Å²) in [5.41, 5.74) is 6.02. The summed E-state index contributed by atoms with van der Waals surface area (Å²) in [5, 5.41) is 2.89. The maximum absolute atomic E-state index is 11.7. The van der Waals surface area contributed by atoms with Gasteiger partial charge in [-0.3, -0.25) is 4.79 Å². The standard InChI is InChI=1S/C14H22N2O3/c1-5-14(2,3)16-13(17)9-19-12-7-6-10(18-4)8-11(12)15/h6-8H,5,9,15H2,1-4H3,(H,16,17). The molecule has 19 heavy (non-hydrogen) atoms. The minimum Gasteiger partial charge on any atom is -0.497 e. The molecule has 0 radical (unpaired) electrons. The van der Waals surface area contributed by atoms with Crippen LogP contribution in [-0.2, 0) is 4.79 Å². The second-order valence-electron chi connectivity index (χ2n) is 4.98. The molecule has 1 aromatic carbocycles. The number of amides is 1. The smallest absolute Gasteiger partial charge is 0.258 e. The van der Waals surface area contributed by atoms with Crippen LogP contribution in [0, 0.1) is 0 Å². The monoisotopic (exact) mass is 266 g/mol. The second kappa shape index (κ2) is 6.31. The zero-order chi connectivity index (χ0) is 14.5. The Balaban J connectivity index is 2.55. The third kappa shape index (κ3) is 4.69. The first kappa shape index (κ1) is 15.1. The number of carbonyl (C=O) groups is 1. The van der Waals surface area contributed by atoms with Crippen molar-refractivity contribution in [1.29, 1.82) is 0 Å². The molecule has 0 aliphatic heterocycles. The molecule has 0 fully saturated rings. The van der Waals surface area contributed by atoms with Crippen LogP contribution in [0.25, 0.3) is 0 Å². The summed E-state index contributed by atoms with van der Waals surface area (Å²) < 4.78 is 10.4. The lowest BCUT2D eigenvalue weighted by atomic mass is 10.0. The van der Waals surface area contributed by atoms with Crippen LogP contribution in [0.15, 0.2) is 18.2 Å². The molecule has 5 nitrogen and oxygen atoms in total. The summed E-state index contributed by atoms with van der Waals surface area (Å²) in [4.78, 5) is 11.7. The van der Waals surface area contributed by atoms with Gasteiger partial charge >= 0.3 is 0 Å². The van der Waals surface area contributed by atoms with Gasteiger partial charge in [-0.05, 0) is 32.4 Å². The summed E-state index contributed by atoms with van der Waals surface area (Å²) >= 11 is 0. The summed E-state index contributed by atoms with van der Waals surface area (Å²) in [6, 6.07) is 5.08. The zero-order valence-electron chi connectivity index (χ0n) is 11.9. The Morgan fingerprint density at radius 2 is 2.11 bits per heavy atom. The van der Waals surface area contributed by atoms with Crippen molar-refractivity contribution in [2.24, 2.45) is 0 Å². The van der Waals surface area contributed by atoms with Crippen LogP contribution in [0.4, 0.5) is 5.69 Å². The predicted molar refractivity (Wildman–Crippen MR) is 75.4 cm³/mol. The summed E-state index contributed by atoms with van der Waals surface area (Å²) in [6.45, 7) is 5.89. The van der Waals surface area contributed by atoms with Crippen LogP contribution in [0.1, 0.15) is 27.2 Å². The highest BCUT2D eigenvalue weighted by molar-refractivity contribution is 5.78. The Bertz CT molecular complexity index is 444. The molecule has 5 heteroatoms. The summed E-state index contributed by atoms with van der Waals surface area (Å²) in [6.07, 6.45) is 0.851. The number of nitrogens with one attached hydrogen (secondary N) is 1. The number of rotatable bonds is 6. The van der Waals surface area contributed by atoms with Gasteiger partial charge in [0.2, 0.25) is 0 Å². The number of hydrogen-bond donors (Lipinski definition) is 2. The van der Waals surface area contributed by atoms with Crippen molar-refractivity contribution in [3.63, 3.8) is 0 Å². The summed E-state index contributed by atoms with van der Waals surface area (Å²) in [5.74, 6) is 0.966. The van der Waals surface area contributed by atoms with Crippen molar-refractivity contribution < 1.29 is 14.3 Å². The van der Waals surface area contributed by atoms with E-state index in [4.69, 9.17) is 15.2 Å². The average molecular weight is 266 g/mol. The SMILES string of the molecule is CCC(C)(C)NC(=O)COc1ccc(OC)cc1N. The molecule has 0 heterocycles. The lowest BCUT2D eigenvalue weighted by Crippen LogP contribution is -2.44. The van der Waals surface area contributed by atoms with Gasteiger partial charge in [0.25, 0.3) is 5.91 Å². The topological polar surface area (TPSA) is 73.6 Å². The number of nitrogens with two attached hydrogens (primary N) is 1. The van der Waals surface area contributed by atoms with Crippen LogP contribution in [0.3, 0.4) is 0 Å². The van der Waals surface area contributed by atoms with Crippen LogP contribution >= 0.6 is 0 Å². The maximum Gasteiger partial charge on any atom is 0.258 e. The Labute approximate surface area is 114 Å². The zero-order valence-corrected chi connectivity index (χ0v) is 11.9. The molecule has 0 saturated heterocycles. The first-order valence-electron chi connectivity index (χ1n) is 6.25. The normalized spacial score (nSPS) is 10.9. The highest BCUT2D eigenvalue weighted by Crippen LogP contribution is 2.26. The fourth-order valence-corrected chi connectivity index (χ4v) is 1.43. The number of hydrogen-bond acceptors (Lipinski definition) is 4. The Kier molecular flexibility index (Phi) is 5.03. The van der Waals surface area contributed by atoms with Crippen molar-refractivity contribution in [1.82, 2.24) is 5.32 Å². The fourth-order valence-electron chi connectivity index (χ4n) is 1.43. The quantitative estimate of drug-likeness (QED) is 0.772. The van der Waals surface area contributed by atoms with E-state index in [-0.39, 0.29) is 18.1 Å². The van der Waals surface area contributed by atoms with E-state index in [1.807, 2.05) is 20.8 Å². The van der Waals surface area contributed by atoms with Gasteiger partial charge in [-0.2, -0.15) is 0 Å².